The summed E-state index contributed by atoms with van der Waals surface area (Å²) in [5, 5.41) is 7.90. The topological polar surface area (TPSA) is 33.0 Å². The lowest BCUT2D eigenvalue weighted by molar-refractivity contribution is 0.401. The molecule has 7 heavy (non-hydrogen) atoms. The van der Waals surface area contributed by atoms with Gasteiger partial charge in [0.1, 0.15) is 0 Å². The monoisotopic (exact) mass is 95.1 g/mol. The predicted molar refractivity (Wildman–Crippen MR) is 29.2 cm³/mol. The first kappa shape index (κ1) is 6.25. The Hall–Kier alpha value is -0.745. The van der Waals surface area contributed by atoms with E-state index < -0.39 is 0 Å². The van der Waals surface area contributed by atoms with Gasteiger partial charge in [-0.15, -0.1) is 0 Å². The Morgan fingerprint density at radius 1 is 1.86 bits per heavy atom. The minimum Gasteiger partial charge on any atom is -0.440 e. The molecule has 0 aromatic heterocycles. The highest BCUT2D eigenvalue weighted by Gasteiger charge is 1.65. The van der Waals surface area contributed by atoms with Crippen molar-refractivity contribution < 1.29 is 4.65 Å². The molecule has 0 bridgehead atoms. The van der Waals surface area contributed by atoms with Crippen LogP contribution in [0.1, 0.15) is 0 Å². The summed E-state index contributed by atoms with van der Waals surface area (Å²) in [5.74, 6) is 0. The highest BCUT2D eigenvalue weighted by Crippen LogP contribution is 1.68. The van der Waals surface area contributed by atoms with Crippen molar-refractivity contribution in [2.75, 3.05) is 6.61 Å². The van der Waals surface area contributed by atoms with Crippen LogP contribution in [0.25, 0.3) is 0 Å². The normalized spacial score (nSPS) is 9.00. The smallest absolute Gasteiger partial charge is 0.257 e. The van der Waals surface area contributed by atoms with Gasteiger partial charge < -0.3 is 4.65 Å². The molecule has 0 saturated heterocycles. The Bertz CT molecular complexity index is 94.4. The summed E-state index contributed by atoms with van der Waals surface area (Å²) < 4.78 is 4.61. The SMILES string of the molecule is BOC/C=C/C#N. The van der Waals surface area contributed by atoms with Crippen LogP contribution in [0, 0.1) is 11.3 Å². The van der Waals surface area contributed by atoms with Gasteiger partial charge in [-0.3, -0.25) is 0 Å². The highest BCUT2D eigenvalue weighted by molar-refractivity contribution is 5.98. The molecular formula is C4H6BNO. The largest absolute Gasteiger partial charge is 0.440 e. The molecule has 0 aliphatic carbocycles. The van der Waals surface area contributed by atoms with Crippen molar-refractivity contribution in [3.8, 4) is 6.07 Å². The Balaban J connectivity index is 2.97. The van der Waals surface area contributed by atoms with Gasteiger partial charge in [-0.25, -0.2) is 0 Å². The van der Waals surface area contributed by atoms with Gasteiger partial charge in [0.2, 0.25) is 0 Å². The molecule has 0 aliphatic heterocycles. The van der Waals surface area contributed by atoms with Crippen LogP contribution in [0.15, 0.2) is 12.2 Å². The van der Waals surface area contributed by atoms with E-state index in [-0.39, 0.29) is 0 Å². The molecule has 0 N–H and O–H groups in total. The maximum atomic E-state index is 7.90. The van der Waals surface area contributed by atoms with Crippen LogP contribution >= 0.6 is 0 Å². The summed E-state index contributed by atoms with van der Waals surface area (Å²) in [5.41, 5.74) is 0. The summed E-state index contributed by atoms with van der Waals surface area (Å²) in [6.07, 6.45) is 3.05. The molecule has 2 nitrogen and oxygen atoms in total. The van der Waals surface area contributed by atoms with Gasteiger partial charge in [0.25, 0.3) is 8.05 Å². The summed E-state index contributed by atoms with van der Waals surface area (Å²) in [4.78, 5) is 0. The van der Waals surface area contributed by atoms with Gasteiger partial charge in [0.15, 0.2) is 0 Å². The first-order valence-electron chi connectivity index (χ1n) is 1.95. The van der Waals surface area contributed by atoms with Crippen LogP contribution in [0.2, 0.25) is 0 Å². The Kier molecular flexibility index (Phi) is 4.70. The fourth-order valence-corrected chi connectivity index (χ4v) is 0.197. The number of hydrogen-bond acceptors (Lipinski definition) is 2. The molecule has 0 spiro atoms. The van der Waals surface area contributed by atoms with E-state index in [0.717, 1.165) is 0 Å². The van der Waals surface area contributed by atoms with Crippen molar-refractivity contribution >= 4 is 8.05 Å². The lowest BCUT2D eigenvalue weighted by Crippen LogP contribution is -1.80. The minimum absolute atomic E-state index is 0.521. The third-order valence-corrected chi connectivity index (χ3v) is 0.455. The molecular weight excluding hydrogens is 88.9 g/mol. The second kappa shape index (κ2) is 5.25. The van der Waals surface area contributed by atoms with Crippen molar-refractivity contribution in [2.24, 2.45) is 0 Å². The van der Waals surface area contributed by atoms with E-state index in [1.165, 1.54) is 6.08 Å². The average molecular weight is 94.9 g/mol. The lowest BCUT2D eigenvalue weighted by Gasteiger charge is -1.81. The van der Waals surface area contributed by atoms with Crippen LogP contribution in [0.5, 0.6) is 0 Å². The Morgan fingerprint density at radius 3 is 3.00 bits per heavy atom. The minimum atomic E-state index is 0.521. The first-order chi connectivity index (χ1) is 3.41. The van der Waals surface area contributed by atoms with Gasteiger partial charge in [-0.1, -0.05) is 6.08 Å². The Morgan fingerprint density at radius 2 is 2.57 bits per heavy atom. The van der Waals surface area contributed by atoms with Crippen LogP contribution < -0.4 is 0 Å². The molecule has 0 rings (SSSR count). The number of hydrogen-bond donors (Lipinski definition) is 0. The number of rotatable bonds is 2. The molecule has 0 aromatic rings. The fourth-order valence-electron chi connectivity index (χ4n) is 0.197. The van der Waals surface area contributed by atoms with Crippen molar-refractivity contribution in [2.45, 2.75) is 0 Å². The van der Waals surface area contributed by atoms with Crippen LogP contribution in [-0.4, -0.2) is 14.7 Å². The molecule has 0 amide bonds. The third kappa shape index (κ3) is 5.25. The molecule has 3 heteroatoms. The fraction of sp³-hybridized carbons (Fsp3) is 0.250. The maximum Gasteiger partial charge on any atom is 0.257 e. The maximum absolute atomic E-state index is 7.90. The van der Waals surface area contributed by atoms with E-state index in [2.05, 4.69) is 4.65 Å². The average Bonchev–Trinajstić information content (AvgIpc) is 1.69. The Labute approximate surface area is 43.8 Å². The zero-order valence-electron chi connectivity index (χ0n) is 4.22. The van der Waals surface area contributed by atoms with Crippen LogP contribution in [0.4, 0.5) is 0 Å². The molecule has 0 fully saturated rings. The molecule has 0 radical (unpaired) electrons. The van der Waals surface area contributed by atoms with E-state index in [9.17, 15) is 0 Å². The summed E-state index contributed by atoms with van der Waals surface area (Å²) in [7, 11) is 1.59. The van der Waals surface area contributed by atoms with Gasteiger partial charge >= 0.3 is 0 Å². The zero-order chi connectivity index (χ0) is 5.54. The standard InChI is InChI=1S/C4H6BNO/c5-7-4-2-1-3-6/h1-2H,4-5H2/b2-1+. The zero-order valence-corrected chi connectivity index (χ0v) is 4.22. The summed E-state index contributed by atoms with van der Waals surface area (Å²) in [6.45, 7) is 0.521. The van der Waals surface area contributed by atoms with Crippen molar-refractivity contribution in [3.05, 3.63) is 12.2 Å². The van der Waals surface area contributed by atoms with E-state index >= 15 is 0 Å². The number of nitrogens with zero attached hydrogens (tertiary/aromatic N) is 1. The van der Waals surface area contributed by atoms with Crippen molar-refractivity contribution in [1.82, 2.24) is 0 Å². The van der Waals surface area contributed by atoms with Crippen LogP contribution in [-0.2, 0) is 4.65 Å². The van der Waals surface area contributed by atoms with Crippen molar-refractivity contribution in [3.63, 3.8) is 0 Å². The quantitative estimate of drug-likeness (QED) is 0.346. The van der Waals surface area contributed by atoms with Crippen molar-refractivity contribution in [1.29, 1.82) is 5.26 Å². The number of nitriles is 1. The second-order valence-corrected chi connectivity index (χ2v) is 0.987. The second-order valence-electron chi connectivity index (χ2n) is 0.987. The first-order valence-corrected chi connectivity index (χ1v) is 1.95. The van der Waals surface area contributed by atoms with Gasteiger partial charge in [0.05, 0.1) is 6.07 Å². The molecule has 0 heterocycles. The van der Waals surface area contributed by atoms with Gasteiger partial charge in [-0.05, 0) is 0 Å². The molecule has 0 atom stereocenters. The molecule has 0 saturated carbocycles. The summed E-state index contributed by atoms with van der Waals surface area (Å²) in [6, 6.07) is 1.84. The van der Waals surface area contributed by atoms with Gasteiger partial charge in [0, 0.05) is 12.7 Å². The highest BCUT2D eigenvalue weighted by atomic mass is 16.4. The van der Waals surface area contributed by atoms with E-state index in [4.69, 9.17) is 5.26 Å². The molecule has 0 aliphatic rings. The van der Waals surface area contributed by atoms with E-state index in [1.807, 2.05) is 6.07 Å². The van der Waals surface area contributed by atoms with E-state index in [1.54, 1.807) is 14.1 Å². The van der Waals surface area contributed by atoms with E-state index in [0.29, 0.717) is 6.61 Å². The third-order valence-electron chi connectivity index (χ3n) is 0.455. The lowest BCUT2D eigenvalue weighted by atomic mass is 10.5. The molecule has 36 valence electrons. The summed E-state index contributed by atoms with van der Waals surface area (Å²) >= 11 is 0. The molecule has 0 unspecified atom stereocenters. The van der Waals surface area contributed by atoms with Crippen LogP contribution in [0.3, 0.4) is 0 Å². The number of allylic oxidation sites excluding steroid dienone is 1. The predicted octanol–water partition coefficient (Wildman–Crippen LogP) is -0.369. The van der Waals surface area contributed by atoms with Gasteiger partial charge in [-0.2, -0.15) is 5.26 Å². The molecule has 0 aromatic carbocycles.